The first-order valence-electron chi connectivity index (χ1n) is 7.70. The minimum absolute atomic E-state index is 0.00842. The molecule has 2 rings (SSSR count). The van der Waals surface area contributed by atoms with Gasteiger partial charge in [0.05, 0.1) is 31.4 Å². The lowest BCUT2D eigenvalue weighted by atomic mass is 10.1. The summed E-state index contributed by atoms with van der Waals surface area (Å²) in [5, 5.41) is 2.88. The number of likely N-dealkylation sites (tertiary alicyclic amines) is 1. The Morgan fingerprint density at radius 3 is 2.83 bits per heavy atom. The largest absolute Gasteiger partial charge is 0.495 e. The van der Waals surface area contributed by atoms with E-state index in [0.29, 0.717) is 24.6 Å². The van der Waals surface area contributed by atoms with Crippen molar-refractivity contribution >= 4 is 17.5 Å². The van der Waals surface area contributed by atoms with E-state index in [9.17, 15) is 9.59 Å². The van der Waals surface area contributed by atoms with Gasteiger partial charge in [0.15, 0.2) is 0 Å². The summed E-state index contributed by atoms with van der Waals surface area (Å²) in [6, 6.07) is 5.57. The highest BCUT2D eigenvalue weighted by molar-refractivity contribution is 5.98. The molecule has 0 saturated carbocycles. The maximum atomic E-state index is 12.5. The third-order valence-corrected chi connectivity index (χ3v) is 4.08. The second-order valence-corrected chi connectivity index (χ2v) is 5.94. The molecule has 0 spiro atoms. The molecule has 0 unspecified atom stereocenters. The Labute approximate surface area is 136 Å². The second-order valence-electron chi connectivity index (χ2n) is 5.94. The molecule has 126 valence electrons. The van der Waals surface area contributed by atoms with Gasteiger partial charge in [0.25, 0.3) is 0 Å². The molecule has 2 atom stereocenters. The number of nitrogens with zero attached hydrogens (tertiary/aromatic N) is 1. The Bertz CT molecular complexity index is 588. The molecule has 23 heavy (non-hydrogen) atoms. The van der Waals surface area contributed by atoms with Crippen LogP contribution >= 0.6 is 0 Å². The third kappa shape index (κ3) is 4.01. The van der Waals surface area contributed by atoms with Crippen molar-refractivity contribution < 1.29 is 19.1 Å². The van der Waals surface area contributed by atoms with Crippen LogP contribution in [0.1, 0.15) is 18.9 Å². The van der Waals surface area contributed by atoms with Crippen molar-refractivity contribution in [3.8, 4) is 5.75 Å². The number of methoxy groups -OCH3 is 2. The minimum atomic E-state index is -0.355. The average Bonchev–Trinajstić information content (AvgIpc) is 2.90. The zero-order chi connectivity index (χ0) is 17.0. The van der Waals surface area contributed by atoms with Gasteiger partial charge >= 0.3 is 0 Å². The van der Waals surface area contributed by atoms with E-state index in [1.807, 2.05) is 32.0 Å². The number of rotatable bonds is 6. The average molecular weight is 320 g/mol. The number of benzene rings is 1. The first-order valence-corrected chi connectivity index (χ1v) is 7.70. The van der Waals surface area contributed by atoms with Gasteiger partial charge in [0.2, 0.25) is 11.8 Å². The number of nitrogens with one attached hydrogen (secondary N) is 1. The standard InChI is InChI=1S/C17H24N2O4/c1-11-5-6-15(23-4)14(7-11)18-17(21)13-8-16(20)19(9-13)12(2)10-22-3/h5-7,12-13H,8-10H2,1-4H3,(H,18,21)/t12-,13-/m0/s1. The highest BCUT2D eigenvalue weighted by Crippen LogP contribution is 2.27. The molecule has 0 radical (unpaired) electrons. The van der Waals surface area contributed by atoms with Crippen LogP contribution in [0, 0.1) is 12.8 Å². The van der Waals surface area contributed by atoms with Crippen LogP contribution in [0.25, 0.3) is 0 Å². The van der Waals surface area contributed by atoms with Gasteiger partial charge in [0, 0.05) is 20.1 Å². The topological polar surface area (TPSA) is 67.9 Å². The number of hydrogen-bond donors (Lipinski definition) is 1. The highest BCUT2D eigenvalue weighted by Gasteiger charge is 2.36. The third-order valence-electron chi connectivity index (χ3n) is 4.08. The van der Waals surface area contributed by atoms with Crippen molar-refractivity contribution in [1.82, 2.24) is 4.90 Å². The maximum Gasteiger partial charge on any atom is 0.229 e. The van der Waals surface area contributed by atoms with E-state index in [4.69, 9.17) is 9.47 Å². The molecule has 2 amide bonds. The van der Waals surface area contributed by atoms with Gasteiger partial charge in [-0.25, -0.2) is 0 Å². The summed E-state index contributed by atoms with van der Waals surface area (Å²) < 4.78 is 10.4. The zero-order valence-electron chi connectivity index (χ0n) is 14.1. The van der Waals surface area contributed by atoms with Crippen LogP contribution in [0.3, 0.4) is 0 Å². The van der Waals surface area contributed by atoms with Crippen LogP contribution < -0.4 is 10.1 Å². The van der Waals surface area contributed by atoms with E-state index in [0.717, 1.165) is 5.56 Å². The summed E-state index contributed by atoms with van der Waals surface area (Å²) in [6.07, 6.45) is 0.230. The van der Waals surface area contributed by atoms with Gasteiger partial charge in [-0.3, -0.25) is 9.59 Å². The Morgan fingerprint density at radius 1 is 1.43 bits per heavy atom. The van der Waals surface area contributed by atoms with Crippen LogP contribution in [0.15, 0.2) is 18.2 Å². The smallest absolute Gasteiger partial charge is 0.229 e. The number of carbonyl (C=O) groups excluding carboxylic acids is 2. The Hall–Kier alpha value is -2.08. The zero-order valence-corrected chi connectivity index (χ0v) is 14.1. The summed E-state index contributed by atoms with van der Waals surface area (Å²) in [5.41, 5.74) is 1.66. The number of ether oxygens (including phenoxy) is 2. The number of amides is 2. The molecule has 1 aromatic rings. The summed E-state index contributed by atoms with van der Waals surface area (Å²) in [7, 11) is 3.17. The van der Waals surface area contributed by atoms with Crippen LogP contribution in [0.2, 0.25) is 0 Å². The van der Waals surface area contributed by atoms with Crippen molar-refractivity contribution in [2.24, 2.45) is 5.92 Å². The number of aryl methyl sites for hydroxylation is 1. The maximum absolute atomic E-state index is 12.5. The highest BCUT2D eigenvalue weighted by atomic mass is 16.5. The van der Waals surface area contributed by atoms with Crippen LogP contribution in [0.4, 0.5) is 5.69 Å². The minimum Gasteiger partial charge on any atom is -0.495 e. The molecule has 1 aromatic carbocycles. The molecule has 1 fully saturated rings. The van der Waals surface area contributed by atoms with Crippen molar-refractivity contribution in [2.75, 3.05) is 32.7 Å². The number of anilines is 1. The van der Waals surface area contributed by atoms with Crippen molar-refractivity contribution in [1.29, 1.82) is 0 Å². The molecule has 1 heterocycles. The molecule has 1 N–H and O–H groups in total. The van der Waals surface area contributed by atoms with Gasteiger partial charge in [-0.1, -0.05) is 6.07 Å². The second kappa shape index (κ2) is 7.46. The normalized spacial score (nSPS) is 18.9. The molecule has 0 aliphatic carbocycles. The lowest BCUT2D eigenvalue weighted by Crippen LogP contribution is -2.38. The van der Waals surface area contributed by atoms with E-state index in [-0.39, 0.29) is 30.2 Å². The molecule has 1 aliphatic heterocycles. The summed E-state index contributed by atoms with van der Waals surface area (Å²) >= 11 is 0. The van der Waals surface area contributed by atoms with Crippen LogP contribution in [0.5, 0.6) is 5.75 Å². The molecule has 0 bridgehead atoms. The first-order chi connectivity index (χ1) is 11.0. The lowest BCUT2D eigenvalue weighted by molar-refractivity contribution is -0.130. The quantitative estimate of drug-likeness (QED) is 0.868. The summed E-state index contributed by atoms with van der Waals surface area (Å²) in [6.45, 7) is 4.75. The molecular weight excluding hydrogens is 296 g/mol. The molecule has 0 aromatic heterocycles. The van der Waals surface area contributed by atoms with Crippen molar-refractivity contribution in [2.45, 2.75) is 26.3 Å². The van der Waals surface area contributed by atoms with E-state index in [1.165, 1.54) is 0 Å². The fourth-order valence-corrected chi connectivity index (χ4v) is 2.82. The van der Waals surface area contributed by atoms with Gasteiger partial charge in [-0.05, 0) is 31.5 Å². The molecular formula is C17H24N2O4. The fraction of sp³-hybridized carbons (Fsp3) is 0.529. The number of carbonyl (C=O) groups is 2. The predicted molar refractivity (Wildman–Crippen MR) is 87.5 cm³/mol. The lowest BCUT2D eigenvalue weighted by Gasteiger charge is -2.24. The van der Waals surface area contributed by atoms with E-state index in [1.54, 1.807) is 19.1 Å². The number of hydrogen-bond acceptors (Lipinski definition) is 4. The first kappa shape index (κ1) is 17.3. The van der Waals surface area contributed by atoms with Crippen LogP contribution in [-0.2, 0) is 14.3 Å². The SMILES string of the molecule is COC[C@H](C)N1C[C@@H](C(=O)Nc2cc(C)ccc2OC)CC1=O. The van der Waals surface area contributed by atoms with Gasteiger partial charge in [-0.15, -0.1) is 0 Å². The van der Waals surface area contributed by atoms with E-state index in [2.05, 4.69) is 5.32 Å². The Kier molecular flexibility index (Phi) is 5.60. The van der Waals surface area contributed by atoms with Crippen LogP contribution in [-0.4, -0.2) is 50.1 Å². The predicted octanol–water partition coefficient (Wildman–Crippen LogP) is 1.83. The molecule has 1 saturated heterocycles. The molecule has 1 aliphatic rings. The molecule has 6 nitrogen and oxygen atoms in total. The summed E-state index contributed by atoms with van der Waals surface area (Å²) in [4.78, 5) is 26.3. The molecule has 6 heteroatoms. The summed E-state index contributed by atoms with van der Waals surface area (Å²) in [5.74, 6) is 0.0881. The fourth-order valence-electron chi connectivity index (χ4n) is 2.82. The van der Waals surface area contributed by atoms with Crippen molar-refractivity contribution in [3.63, 3.8) is 0 Å². The monoisotopic (exact) mass is 320 g/mol. The Morgan fingerprint density at radius 2 is 2.17 bits per heavy atom. The van der Waals surface area contributed by atoms with E-state index >= 15 is 0 Å². The van der Waals surface area contributed by atoms with Gasteiger partial charge in [0.1, 0.15) is 5.75 Å². The Balaban J connectivity index is 2.05. The van der Waals surface area contributed by atoms with Crippen molar-refractivity contribution in [3.05, 3.63) is 23.8 Å². The van der Waals surface area contributed by atoms with E-state index < -0.39 is 0 Å². The van der Waals surface area contributed by atoms with Gasteiger partial charge in [-0.2, -0.15) is 0 Å². The van der Waals surface area contributed by atoms with Gasteiger partial charge < -0.3 is 19.7 Å².